The Morgan fingerprint density at radius 1 is 1.15 bits per heavy atom. The van der Waals surface area contributed by atoms with Gasteiger partial charge in [0.2, 0.25) is 18.6 Å². The van der Waals surface area contributed by atoms with Crippen molar-refractivity contribution < 1.29 is 28.5 Å². The second-order valence-electron chi connectivity index (χ2n) is 8.85. The zero-order valence-corrected chi connectivity index (χ0v) is 18.2. The summed E-state index contributed by atoms with van der Waals surface area (Å²) in [5.41, 5.74) is 1.17. The van der Waals surface area contributed by atoms with Crippen molar-refractivity contribution in [2.75, 3.05) is 20.4 Å². The lowest BCUT2D eigenvalue weighted by Gasteiger charge is -2.23. The number of likely N-dealkylation sites (tertiary alicyclic amines) is 1. The predicted molar refractivity (Wildman–Crippen MR) is 117 cm³/mol. The topological polar surface area (TPSA) is 86.3 Å². The average Bonchev–Trinajstić information content (AvgIpc) is 3.59. The van der Waals surface area contributed by atoms with Crippen LogP contribution in [0.2, 0.25) is 0 Å². The van der Waals surface area contributed by atoms with Crippen LogP contribution >= 0.6 is 0 Å². The molecule has 8 heteroatoms. The molecule has 1 spiro atoms. The number of nitrogens with zero attached hydrogens (tertiary/aromatic N) is 1. The Balaban J connectivity index is 1.16. The number of carbonyl (C=O) groups is 2. The minimum absolute atomic E-state index is 0.0517. The van der Waals surface area contributed by atoms with Crippen molar-refractivity contribution in [1.29, 1.82) is 0 Å². The van der Waals surface area contributed by atoms with Crippen LogP contribution in [0, 0.1) is 11.8 Å². The average molecular weight is 448 g/mol. The van der Waals surface area contributed by atoms with Gasteiger partial charge in [-0.15, -0.1) is 0 Å². The van der Waals surface area contributed by atoms with Crippen LogP contribution in [-0.2, 0) is 27.4 Å². The number of fused-ring (bicyclic) bond motifs is 2. The maximum atomic E-state index is 13.4. The number of rotatable bonds is 6. The Hall–Kier alpha value is -3.52. The summed E-state index contributed by atoms with van der Waals surface area (Å²) in [6.45, 7) is 1.44. The molecule has 4 heterocycles. The molecule has 1 N–H and O–H groups in total. The SMILES string of the molecule is COc1ccc(CNC(=O)[C@@H]2[C@@H]3C=C[C@@]4(CN(Cc5ccc6c(c5)OCO6)C(=O)[C@H]24)O3)cc1. The van der Waals surface area contributed by atoms with Crippen LogP contribution in [0.3, 0.4) is 0 Å². The van der Waals surface area contributed by atoms with Gasteiger partial charge < -0.3 is 29.2 Å². The van der Waals surface area contributed by atoms with Crippen molar-refractivity contribution in [2.24, 2.45) is 11.8 Å². The molecule has 2 bridgehead atoms. The van der Waals surface area contributed by atoms with Crippen LogP contribution in [0.4, 0.5) is 0 Å². The number of methoxy groups -OCH3 is 1. The van der Waals surface area contributed by atoms with Crippen molar-refractivity contribution in [3.05, 3.63) is 65.7 Å². The van der Waals surface area contributed by atoms with E-state index in [1.54, 1.807) is 12.0 Å². The first-order valence-electron chi connectivity index (χ1n) is 11.0. The number of ether oxygens (including phenoxy) is 4. The highest BCUT2D eigenvalue weighted by atomic mass is 16.7. The first-order chi connectivity index (χ1) is 16.1. The van der Waals surface area contributed by atoms with Crippen LogP contribution < -0.4 is 19.5 Å². The number of nitrogens with one attached hydrogen (secondary N) is 1. The van der Waals surface area contributed by atoms with Crippen LogP contribution in [0.5, 0.6) is 17.2 Å². The lowest BCUT2D eigenvalue weighted by Crippen LogP contribution is -2.43. The van der Waals surface area contributed by atoms with Crippen molar-refractivity contribution in [3.63, 3.8) is 0 Å². The quantitative estimate of drug-likeness (QED) is 0.681. The number of benzene rings is 2. The summed E-state index contributed by atoms with van der Waals surface area (Å²) in [6.07, 6.45) is 3.51. The molecule has 8 nitrogen and oxygen atoms in total. The fraction of sp³-hybridized carbons (Fsp3) is 0.360. The van der Waals surface area contributed by atoms with Crippen LogP contribution in [0.15, 0.2) is 54.6 Å². The molecule has 2 aromatic carbocycles. The molecule has 2 fully saturated rings. The molecule has 170 valence electrons. The second kappa shape index (κ2) is 7.52. The molecule has 0 saturated carbocycles. The van der Waals surface area contributed by atoms with E-state index in [2.05, 4.69) is 5.32 Å². The van der Waals surface area contributed by atoms with Crippen LogP contribution in [0.25, 0.3) is 0 Å². The first-order valence-corrected chi connectivity index (χ1v) is 11.0. The Bertz CT molecular complexity index is 1150. The molecule has 2 aromatic rings. The standard InChI is InChI=1S/C25H24N2O6/c1-30-17-5-2-15(3-6-17)11-26-23(28)21-19-8-9-25(33-19)13-27(24(29)22(21)25)12-16-4-7-18-20(10-16)32-14-31-18/h2-10,19,21-22H,11-14H2,1H3,(H,26,28)/t19-,21+,22-,25-/m0/s1. The molecule has 0 radical (unpaired) electrons. The lowest BCUT2D eigenvalue weighted by molar-refractivity contribution is -0.137. The van der Waals surface area contributed by atoms with Gasteiger partial charge in [0, 0.05) is 13.1 Å². The fourth-order valence-electron chi connectivity index (χ4n) is 5.32. The molecular weight excluding hydrogens is 424 g/mol. The van der Waals surface area contributed by atoms with Gasteiger partial charge in [-0.3, -0.25) is 9.59 Å². The zero-order valence-electron chi connectivity index (χ0n) is 18.2. The molecule has 6 rings (SSSR count). The van der Waals surface area contributed by atoms with Crippen molar-refractivity contribution in [1.82, 2.24) is 10.2 Å². The van der Waals surface area contributed by atoms with Gasteiger partial charge in [0.1, 0.15) is 11.4 Å². The lowest BCUT2D eigenvalue weighted by atomic mass is 9.77. The van der Waals surface area contributed by atoms with E-state index < -0.39 is 17.4 Å². The summed E-state index contributed by atoms with van der Waals surface area (Å²) in [4.78, 5) is 28.4. The van der Waals surface area contributed by atoms with Gasteiger partial charge in [0.05, 0.1) is 31.6 Å². The number of amides is 2. The Kier molecular flexibility index (Phi) is 4.58. The van der Waals surface area contributed by atoms with E-state index in [-0.39, 0.29) is 24.7 Å². The summed E-state index contributed by atoms with van der Waals surface area (Å²) in [7, 11) is 1.61. The van der Waals surface area contributed by atoms with Gasteiger partial charge in [-0.1, -0.05) is 30.4 Å². The highest BCUT2D eigenvalue weighted by Gasteiger charge is 2.66. The molecule has 4 aliphatic heterocycles. The maximum absolute atomic E-state index is 13.4. The molecule has 0 aliphatic carbocycles. The third-order valence-corrected chi connectivity index (χ3v) is 6.92. The number of hydrogen-bond acceptors (Lipinski definition) is 6. The van der Waals surface area contributed by atoms with E-state index in [0.717, 1.165) is 16.9 Å². The summed E-state index contributed by atoms with van der Waals surface area (Å²) in [5, 5.41) is 2.99. The Morgan fingerprint density at radius 2 is 1.94 bits per heavy atom. The van der Waals surface area contributed by atoms with E-state index in [0.29, 0.717) is 31.1 Å². The van der Waals surface area contributed by atoms with Gasteiger partial charge in [-0.25, -0.2) is 0 Å². The van der Waals surface area contributed by atoms with Gasteiger partial charge >= 0.3 is 0 Å². The largest absolute Gasteiger partial charge is 0.497 e. The third-order valence-electron chi connectivity index (χ3n) is 6.92. The summed E-state index contributed by atoms with van der Waals surface area (Å²) in [6, 6.07) is 13.2. The van der Waals surface area contributed by atoms with E-state index in [1.165, 1.54) is 0 Å². The van der Waals surface area contributed by atoms with Crippen molar-refractivity contribution in [3.8, 4) is 17.2 Å². The molecule has 4 atom stereocenters. The molecule has 33 heavy (non-hydrogen) atoms. The van der Waals surface area contributed by atoms with Gasteiger partial charge in [-0.05, 0) is 35.4 Å². The normalized spacial score (nSPS) is 28.3. The Labute approximate surface area is 191 Å². The molecule has 4 aliphatic rings. The fourth-order valence-corrected chi connectivity index (χ4v) is 5.32. The van der Waals surface area contributed by atoms with Crippen molar-refractivity contribution >= 4 is 11.8 Å². The molecule has 0 aromatic heterocycles. The van der Waals surface area contributed by atoms with E-state index in [4.69, 9.17) is 18.9 Å². The molecule has 0 unspecified atom stereocenters. The molecule has 2 amide bonds. The van der Waals surface area contributed by atoms with Gasteiger partial charge in [0.25, 0.3) is 0 Å². The minimum Gasteiger partial charge on any atom is -0.497 e. The third kappa shape index (κ3) is 3.24. The van der Waals surface area contributed by atoms with E-state index in [1.807, 2.05) is 54.6 Å². The highest BCUT2D eigenvalue weighted by molar-refractivity contribution is 5.93. The van der Waals surface area contributed by atoms with E-state index in [9.17, 15) is 9.59 Å². The van der Waals surface area contributed by atoms with Gasteiger partial charge in [-0.2, -0.15) is 0 Å². The van der Waals surface area contributed by atoms with Crippen LogP contribution in [-0.4, -0.2) is 48.9 Å². The predicted octanol–water partition coefficient (Wildman–Crippen LogP) is 2.02. The molecular formula is C25H24N2O6. The number of hydrogen-bond donors (Lipinski definition) is 1. The second-order valence-corrected chi connectivity index (χ2v) is 8.85. The monoisotopic (exact) mass is 448 g/mol. The zero-order chi connectivity index (χ0) is 22.6. The van der Waals surface area contributed by atoms with E-state index >= 15 is 0 Å². The van der Waals surface area contributed by atoms with Gasteiger partial charge in [0.15, 0.2) is 11.5 Å². The summed E-state index contributed by atoms with van der Waals surface area (Å²) >= 11 is 0. The molecule has 2 saturated heterocycles. The number of carbonyl (C=O) groups excluding carboxylic acids is 2. The smallest absolute Gasteiger partial charge is 0.231 e. The first kappa shape index (κ1) is 20.1. The summed E-state index contributed by atoms with van der Waals surface area (Å²) in [5.74, 6) is 0.887. The highest BCUT2D eigenvalue weighted by Crippen LogP contribution is 2.52. The Morgan fingerprint density at radius 3 is 2.76 bits per heavy atom. The maximum Gasteiger partial charge on any atom is 0.231 e. The minimum atomic E-state index is -0.736. The van der Waals surface area contributed by atoms with Crippen molar-refractivity contribution in [2.45, 2.75) is 24.8 Å². The summed E-state index contributed by atoms with van der Waals surface area (Å²) < 4.78 is 22.2. The van der Waals surface area contributed by atoms with Crippen LogP contribution in [0.1, 0.15) is 11.1 Å².